The highest BCUT2D eigenvalue weighted by Crippen LogP contribution is 2.38. The van der Waals surface area contributed by atoms with Gasteiger partial charge in [-0.1, -0.05) is 26.2 Å². The van der Waals surface area contributed by atoms with E-state index in [4.69, 9.17) is 4.98 Å². The first-order valence-corrected chi connectivity index (χ1v) is 8.31. The van der Waals surface area contributed by atoms with Gasteiger partial charge in [0.05, 0.1) is 5.69 Å². The van der Waals surface area contributed by atoms with Crippen LogP contribution in [0.4, 0.5) is 0 Å². The second-order valence-electron chi connectivity index (χ2n) is 5.84. The quantitative estimate of drug-likeness (QED) is 0.906. The molecule has 1 aliphatic rings. The maximum atomic E-state index is 4.77. The van der Waals surface area contributed by atoms with Crippen molar-refractivity contribution in [1.82, 2.24) is 14.7 Å². The van der Waals surface area contributed by atoms with Crippen LogP contribution in [0.5, 0.6) is 0 Å². The summed E-state index contributed by atoms with van der Waals surface area (Å²) in [5.74, 6) is 0. The van der Waals surface area contributed by atoms with E-state index in [1.165, 1.54) is 37.8 Å². The predicted octanol–water partition coefficient (Wildman–Crippen LogP) is 3.50. The summed E-state index contributed by atoms with van der Waals surface area (Å²) in [6, 6.07) is 0. The minimum absolute atomic E-state index is 0.443. The number of rotatable bonds is 5. The summed E-state index contributed by atoms with van der Waals surface area (Å²) in [4.78, 5) is 5.90. The van der Waals surface area contributed by atoms with Crippen LogP contribution in [0.25, 0.3) is 4.96 Å². The van der Waals surface area contributed by atoms with E-state index in [9.17, 15) is 0 Å². The minimum atomic E-state index is 0.443. The molecule has 104 valence electrons. The Kier molecular flexibility index (Phi) is 3.89. The van der Waals surface area contributed by atoms with Gasteiger partial charge in [0.25, 0.3) is 0 Å². The Morgan fingerprint density at radius 3 is 2.95 bits per heavy atom. The average Bonchev–Trinajstić information content (AvgIpc) is 2.98. The van der Waals surface area contributed by atoms with E-state index in [1.54, 1.807) is 11.3 Å². The highest BCUT2D eigenvalue weighted by Gasteiger charge is 2.32. The summed E-state index contributed by atoms with van der Waals surface area (Å²) in [7, 11) is 0. The van der Waals surface area contributed by atoms with Gasteiger partial charge in [-0.2, -0.15) is 0 Å². The molecule has 0 amide bonds. The Hall–Kier alpha value is -0.870. The van der Waals surface area contributed by atoms with Crippen LogP contribution in [0, 0.1) is 5.41 Å². The number of fused-ring (bicyclic) bond motifs is 1. The zero-order valence-corrected chi connectivity index (χ0v) is 12.5. The number of hydrogen-bond donors (Lipinski definition) is 1. The molecule has 1 fully saturated rings. The van der Waals surface area contributed by atoms with Crippen molar-refractivity contribution in [3.63, 3.8) is 0 Å². The van der Waals surface area contributed by atoms with Crippen molar-refractivity contribution in [3.8, 4) is 0 Å². The fraction of sp³-hybridized carbons (Fsp3) is 0.667. The highest BCUT2D eigenvalue weighted by atomic mass is 32.1. The molecule has 1 N–H and O–H groups in total. The zero-order chi connectivity index (χ0) is 13.1. The first-order valence-electron chi connectivity index (χ1n) is 7.43. The topological polar surface area (TPSA) is 29.3 Å². The fourth-order valence-electron chi connectivity index (χ4n) is 3.35. The molecule has 2 aromatic heterocycles. The molecular formula is C15H23N3S. The van der Waals surface area contributed by atoms with Gasteiger partial charge in [-0.05, 0) is 31.2 Å². The van der Waals surface area contributed by atoms with Crippen LogP contribution in [0.1, 0.15) is 44.7 Å². The van der Waals surface area contributed by atoms with Crippen molar-refractivity contribution < 1.29 is 0 Å². The van der Waals surface area contributed by atoms with Gasteiger partial charge >= 0.3 is 0 Å². The molecule has 0 unspecified atom stereocenters. The standard InChI is InChI=1S/C15H23N3S/c1-2-16-12-15(6-4-3-5-7-15)10-13-11-18-8-9-19-14(18)17-13/h8-9,11,16H,2-7,10,12H2,1H3. The van der Waals surface area contributed by atoms with E-state index in [1.807, 2.05) is 0 Å². The van der Waals surface area contributed by atoms with Gasteiger partial charge in [-0.25, -0.2) is 4.98 Å². The Morgan fingerprint density at radius 2 is 2.21 bits per heavy atom. The van der Waals surface area contributed by atoms with Crippen LogP contribution in [0.3, 0.4) is 0 Å². The lowest BCUT2D eigenvalue weighted by Crippen LogP contribution is -2.38. The number of aromatic nitrogens is 2. The second-order valence-corrected chi connectivity index (χ2v) is 6.72. The summed E-state index contributed by atoms with van der Waals surface area (Å²) >= 11 is 1.72. The molecular weight excluding hydrogens is 254 g/mol. The molecule has 3 rings (SSSR count). The minimum Gasteiger partial charge on any atom is -0.316 e. The molecule has 0 spiro atoms. The monoisotopic (exact) mass is 277 g/mol. The third-order valence-electron chi connectivity index (χ3n) is 4.36. The highest BCUT2D eigenvalue weighted by molar-refractivity contribution is 7.15. The Bertz CT molecular complexity index is 494. The molecule has 0 aliphatic heterocycles. The van der Waals surface area contributed by atoms with Crippen LogP contribution in [0.2, 0.25) is 0 Å². The smallest absolute Gasteiger partial charge is 0.193 e. The maximum Gasteiger partial charge on any atom is 0.193 e. The number of thiazole rings is 1. The molecule has 19 heavy (non-hydrogen) atoms. The molecule has 2 aromatic rings. The molecule has 0 atom stereocenters. The summed E-state index contributed by atoms with van der Waals surface area (Å²) in [6.07, 6.45) is 12.3. The number of imidazole rings is 1. The van der Waals surface area contributed by atoms with Crippen LogP contribution in [-0.2, 0) is 6.42 Å². The molecule has 1 aliphatic carbocycles. The molecule has 1 saturated carbocycles. The van der Waals surface area contributed by atoms with Crippen molar-refractivity contribution in [2.24, 2.45) is 5.41 Å². The molecule has 4 heteroatoms. The first-order chi connectivity index (χ1) is 9.31. The lowest BCUT2D eigenvalue weighted by Gasteiger charge is -2.37. The maximum absolute atomic E-state index is 4.77. The van der Waals surface area contributed by atoms with Gasteiger partial charge in [-0.15, -0.1) is 11.3 Å². The van der Waals surface area contributed by atoms with Crippen molar-refractivity contribution in [2.75, 3.05) is 13.1 Å². The van der Waals surface area contributed by atoms with Crippen molar-refractivity contribution >= 4 is 16.3 Å². The number of nitrogens with one attached hydrogen (secondary N) is 1. The summed E-state index contributed by atoms with van der Waals surface area (Å²) in [5, 5.41) is 5.67. The van der Waals surface area contributed by atoms with Crippen molar-refractivity contribution in [2.45, 2.75) is 45.4 Å². The summed E-state index contributed by atoms with van der Waals surface area (Å²) < 4.78 is 2.16. The zero-order valence-electron chi connectivity index (χ0n) is 11.7. The van der Waals surface area contributed by atoms with E-state index in [2.05, 4.69) is 34.4 Å². The molecule has 2 heterocycles. The third kappa shape index (κ3) is 2.84. The number of nitrogens with zero attached hydrogens (tertiary/aromatic N) is 2. The van der Waals surface area contributed by atoms with Gasteiger partial charge in [0.2, 0.25) is 0 Å². The van der Waals surface area contributed by atoms with E-state index in [0.29, 0.717) is 5.41 Å². The van der Waals surface area contributed by atoms with Gasteiger partial charge in [-0.3, -0.25) is 4.40 Å². The van der Waals surface area contributed by atoms with Gasteiger partial charge in [0, 0.05) is 24.3 Å². The van der Waals surface area contributed by atoms with E-state index >= 15 is 0 Å². The van der Waals surface area contributed by atoms with Gasteiger partial charge in [0.15, 0.2) is 4.96 Å². The summed E-state index contributed by atoms with van der Waals surface area (Å²) in [6.45, 7) is 4.41. The van der Waals surface area contributed by atoms with Crippen LogP contribution < -0.4 is 5.32 Å². The lowest BCUT2D eigenvalue weighted by molar-refractivity contribution is 0.180. The Labute approximate surface area is 119 Å². The third-order valence-corrected chi connectivity index (χ3v) is 5.13. The van der Waals surface area contributed by atoms with E-state index < -0.39 is 0 Å². The van der Waals surface area contributed by atoms with Crippen LogP contribution in [-0.4, -0.2) is 22.5 Å². The van der Waals surface area contributed by atoms with Gasteiger partial charge in [0.1, 0.15) is 0 Å². The average molecular weight is 277 g/mol. The SMILES string of the molecule is CCNCC1(Cc2cn3ccsc3n2)CCCCC1. The van der Waals surface area contributed by atoms with E-state index in [-0.39, 0.29) is 0 Å². The molecule has 0 saturated heterocycles. The van der Waals surface area contributed by atoms with Crippen LogP contribution >= 0.6 is 11.3 Å². The largest absolute Gasteiger partial charge is 0.316 e. The normalized spacial score (nSPS) is 19.0. The molecule has 3 nitrogen and oxygen atoms in total. The fourth-order valence-corrected chi connectivity index (χ4v) is 4.07. The van der Waals surface area contributed by atoms with Crippen molar-refractivity contribution in [3.05, 3.63) is 23.5 Å². The summed E-state index contributed by atoms with van der Waals surface area (Å²) in [5.41, 5.74) is 1.71. The van der Waals surface area contributed by atoms with Crippen molar-refractivity contribution in [1.29, 1.82) is 0 Å². The lowest BCUT2D eigenvalue weighted by atomic mass is 9.71. The Morgan fingerprint density at radius 1 is 1.37 bits per heavy atom. The molecule has 0 radical (unpaired) electrons. The predicted molar refractivity (Wildman–Crippen MR) is 80.8 cm³/mol. The molecule has 0 aromatic carbocycles. The Balaban J connectivity index is 1.77. The van der Waals surface area contributed by atoms with Gasteiger partial charge < -0.3 is 5.32 Å². The molecule has 0 bridgehead atoms. The van der Waals surface area contributed by atoms with E-state index in [0.717, 1.165) is 24.5 Å². The second kappa shape index (κ2) is 5.63. The van der Waals surface area contributed by atoms with Crippen LogP contribution in [0.15, 0.2) is 17.8 Å². The number of hydrogen-bond acceptors (Lipinski definition) is 3. The first kappa shape index (κ1) is 13.1.